The molecular weight excluding hydrogens is 633 g/mol. The second-order valence-electron chi connectivity index (χ2n) is 12.3. The number of carbonyl (C=O) groups excluding carboxylic acids is 2. The number of fused-ring (bicyclic) bond motifs is 2. The predicted octanol–water partition coefficient (Wildman–Crippen LogP) is 7.09. The first-order valence-corrected chi connectivity index (χ1v) is 17.2. The molecule has 0 bridgehead atoms. The number of aryl methyl sites for hydroxylation is 1. The SMILES string of the molecule is COc1cc(-c2csc3c(/C=C/C(=O)NC4CCN(Cc5ccccc5)CC4)cnc(N)c23)ccc1NC(=O)c1cc2ccccc2n1C. The third-order valence-corrected chi connectivity index (χ3v) is 10.2. The second kappa shape index (κ2) is 14.0. The number of methoxy groups -OCH3 is 1. The average molecular weight is 671 g/mol. The van der Waals surface area contributed by atoms with E-state index in [9.17, 15) is 9.59 Å². The normalized spacial score (nSPS) is 14.1. The van der Waals surface area contributed by atoms with E-state index in [4.69, 9.17) is 10.5 Å². The van der Waals surface area contributed by atoms with Gasteiger partial charge in [-0.15, -0.1) is 11.3 Å². The fourth-order valence-electron chi connectivity index (χ4n) is 6.57. The molecule has 49 heavy (non-hydrogen) atoms. The van der Waals surface area contributed by atoms with E-state index < -0.39 is 0 Å². The maximum atomic E-state index is 13.3. The number of ether oxygens (including phenoxy) is 1. The molecule has 0 spiro atoms. The van der Waals surface area contributed by atoms with Crippen LogP contribution in [0.2, 0.25) is 0 Å². The number of nitrogen functional groups attached to an aromatic ring is 1. The van der Waals surface area contributed by atoms with Crippen molar-refractivity contribution in [3.8, 4) is 16.9 Å². The van der Waals surface area contributed by atoms with Crippen molar-refractivity contribution < 1.29 is 14.3 Å². The number of likely N-dealkylation sites (tertiary alicyclic amines) is 1. The number of carbonyl (C=O) groups is 2. The summed E-state index contributed by atoms with van der Waals surface area (Å²) in [6.45, 7) is 2.84. The van der Waals surface area contributed by atoms with Crippen LogP contribution < -0.4 is 21.1 Å². The fraction of sp³-hybridized carbons (Fsp3) is 0.205. The standard InChI is InChI=1S/C39H38N6O3S/c1-44-32-11-7-6-10-27(32)20-33(44)39(47)43-31-14-12-26(21-34(31)48-2)30-24-49-37-28(22-41-38(40)36(30)37)13-15-35(46)42-29-16-18-45(19-17-29)23-25-8-4-3-5-9-25/h3-15,20-22,24,29H,16-19,23H2,1-2H3,(H2,40,41)(H,42,46)(H,43,47)/b15-13+. The molecule has 0 unspecified atom stereocenters. The molecule has 2 amide bonds. The number of rotatable bonds is 9. The van der Waals surface area contributed by atoms with Crippen molar-refractivity contribution in [1.82, 2.24) is 19.8 Å². The first kappa shape index (κ1) is 32.1. The van der Waals surface area contributed by atoms with Crippen LogP contribution in [0.3, 0.4) is 0 Å². The molecule has 10 heteroatoms. The molecule has 3 aromatic carbocycles. The minimum atomic E-state index is -0.229. The van der Waals surface area contributed by atoms with Crippen LogP contribution in [0.25, 0.3) is 38.2 Å². The lowest BCUT2D eigenvalue weighted by Crippen LogP contribution is -2.43. The Morgan fingerprint density at radius 1 is 1.04 bits per heavy atom. The van der Waals surface area contributed by atoms with Gasteiger partial charge in [0.05, 0.1) is 12.8 Å². The van der Waals surface area contributed by atoms with Crippen LogP contribution in [0.5, 0.6) is 5.75 Å². The third-order valence-electron chi connectivity index (χ3n) is 9.19. The summed E-state index contributed by atoms with van der Waals surface area (Å²) in [6.07, 6.45) is 6.93. The van der Waals surface area contributed by atoms with Crippen LogP contribution in [0.15, 0.2) is 96.5 Å². The number of para-hydroxylation sites is 1. The number of pyridine rings is 1. The fourth-order valence-corrected chi connectivity index (χ4v) is 7.64. The summed E-state index contributed by atoms with van der Waals surface area (Å²) in [7, 11) is 3.46. The average Bonchev–Trinajstić information content (AvgIpc) is 3.72. The zero-order valence-corrected chi connectivity index (χ0v) is 28.3. The smallest absolute Gasteiger partial charge is 0.272 e. The maximum Gasteiger partial charge on any atom is 0.272 e. The lowest BCUT2D eigenvalue weighted by Gasteiger charge is -2.32. The zero-order chi connectivity index (χ0) is 33.9. The van der Waals surface area contributed by atoms with Crippen LogP contribution in [-0.4, -0.2) is 52.5 Å². The van der Waals surface area contributed by atoms with Gasteiger partial charge in [-0.05, 0) is 59.7 Å². The molecule has 1 aliphatic rings. The van der Waals surface area contributed by atoms with Gasteiger partial charge < -0.3 is 25.7 Å². The van der Waals surface area contributed by atoms with E-state index in [-0.39, 0.29) is 17.9 Å². The van der Waals surface area contributed by atoms with Crippen molar-refractivity contribution in [3.63, 3.8) is 0 Å². The van der Waals surface area contributed by atoms with Crippen LogP contribution in [0.1, 0.15) is 34.5 Å². The first-order chi connectivity index (χ1) is 23.9. The van der Waals surface area contributed by atoms with E-state index in [1.54, 1.807) is 36.8 Å². The van der Waals surface area contributed by atoms with Gasteiger partial charge >= 0.3 is 0 Å². The molecule has 248 valence electrons. The van der Waals surface area contributed by atoms with Crippen molar-refractivity contribution >= 4 is 61.7 Å². The number of hydrogen-bond acceptors (Lipinski definition) is 7. The number of nitrogens with one attached hydrogen (secondary N) is 2. The second-order valence-corrected chi connectivity index (χ2v) is 13.2. The highest BCUT2D eigenvalue weighted by molar-refractivity contribution is 7.18. The highest BCUT2D eigenvalue weighted by Gasteiger charge is 2.21. The van der Waals surface area contributed by atoms with E-state index in [1.807, 2.05) is 71.6 Å². The van der Waals surface area contributed by atoms with Crippen molar-refractivity contribution in [1.29, 1.82) is 0 Å². The monoisotopic (exact) mass is 670 g/mol. The van der Waals surface area contributed by atoms with Gasteiger partial charge in [-0.2, -0.15) is 0 Å². The van der Waals surface area contributed by atoms with Crippen LogP contribution in [0.4, 0.5) is 11.5 Å². The number of aromatic nitrogens is 2. The van der Waals surface area contributed by atoms with E-state index in [2.05, 4.69) is 44.8 Å². The van der Waals surface area contributed by atoms with Gasteiger partial charge in [0.1, 0.15) is 17.3 Å². The quantitative estimate of drug-likeness (QED) is 0.142. The molecule has 7 rings (SSSR count). The van der Waals surface area contributed by atoms with Gasteiger partial charge in [-0.25, -0.2) is 4.98 Å². The van der Waals surface area contributed by atoms with Crippen molar-refractivity contribution in [2.75, 3.05) is 31.2 Å². The summed E-state index contributed by atoms with van der Waals surface area (Å²) >= 11 is 1.55. The Hall–Kier alpha value is -5.45. The number of benzene rings is 3. The van der Waals surface area contributed by atoms with Crippen molar-refractivity contribution in [3.05, 3.63) is 113 Å². The minimum absolute atomic E-state index is 0.117. The summed E-state index contributed by atoms with van der Waals surface area (Å²) < 4.78 is 8.53. The molecule has 3 aromatic heterocycles. The van der Waals surface area contributed by atoms with Crippen LogP contribution in [0, 0.1) is 0 Å². The van der Waals surface area contributed by atoms with Crippen molar-refractivity contribution in [2.45, 2.75) is 25.4 Å². The Morgan fingerprint density at radius 2 is 1.82 bits per heavy atom. The number of anilines is 2. The van der Waals surface area contributed by atoms with Crippen LogP contribution in [-0.2, 0) is 18.4 Å². The number of piperidine rings is 1. The molecule has 0 atom stereocenters. The third kappa shape index (κ3) is 6.78. The topological polar surface area (TPSA) is 115 Å². The number of nitrogens with zero attached hydrogens (tertiary/aromatic N) is 3. The maximum absolute atomic E-state index is 13.3. The van der Waals surface area contributed by atoms with Crippen molar-refractivity contribution in [2.24, 2.45) is 7.05 Å². The summed E-state index contributed by atoms with van der Waals surface area (Å²) in [5, 5.41) is 10.0. The van der Waals surface area contributed by atoms with Gasteiger partial charge in [0.2, 0.25) is 5.91 Å². The Kier molecular flexibility index (Phi) is 9.15. The van der Waals surface area contributed by atoms with E-state index in [0.717, 1.165) is 70.2 Å². The molecular formula is C39H38N6O3S. The zero-order valence-electron chi connectivity index (χ0n) is 27.5. The predicted molar refractivity (Wildman–Crippen MR) is 199 cm³/mol. The van der Waals surface area contributed by atoms with Gasteiger partial charge in [0, 0.05) is 77.1 Å². The Morgan fingerprint density at radius 3 is 2.59 bits per heavy atom. The van der Waals surface area contributed by atoms with E-state index in [1.165, 1.54) is 5.56 Å². The number of amides is 2. The van der Waals surface area contributed by atoms with Gasteiger partial charge in [-0.1, -0.05) is 54.6 Å². The highest BCUT2D eigenvalue weighted by Crippen LogP contribution is 2.41. The largest absolute Gasteiger partial charge is 0.495 e. The molecule has 4 N–H and O–H groups in total. The molecule has 1 saturated heterocycles. The first-order valence-electron chi connectivity index (χ1n) is 16.3. The van der Waals surface area contributed by atoms with Gasteiger partial charge in [-0.3, -0.25) is 14.5 Å². The summed E-state index contributed by atoms with van der Waals surface area (Å²) in [4.78, 5) is 33.1. The minimum Gasteiger partial charge on any atom is -0.495 e. The number of thiophene rings is 1. The highest BCUT2D eigenvalue weighted by atomic mass is 32.1. The summed E-state index contributed by atoms with van der Waals surface area (Å²) in [6, 6.07) is 26.1. The Bertz CT molecular complexity index is 2180. The lowest BCUT2D eigenvalue weighted by molar-refractivity contribution is -0.117. The van der Waals surface area contributed by atoms with E-state index in [0.29, 0.717) is 22.9 Å². The Labute approximate surface area is 289 Å². The molecule has 9 nitrogen and oxygen atoms in total. The Balaban J connectivity index is 1.04. The molecule has 0 radical (unpaired) electrons. The van der Waals surface area contributed by atoms with Gasteiger partial charge in [0.25, 0.3) is 5.91 Å². The molecule has 1 aliphatic heterocycles. The molecule has 0 aliphatic carbocycles. The molecule has 4 heterocycles. The number of hydrogen-bond donors (Lipinski definition) is 3. The summed E-state index contributed by atoms with van der Waals surface area (Å²) in [5.41, 5.74) is 12.4. The van der Waals surface area contributed by atoms with E-state index >= 15 is 0 Å². The molecule has 6 aromatic rings. The lowest BCUT2D eigenvalue weighted by atomic mass is 10.0. The van der Waals surface area contributed by atoms with Crippen LogP contribution >= 0.6 is 11.3 Å². The summed E-state index contributed by atoms with van der Waals surface area (Å²) in [5.74, 6) is 0.582. The van der Waals surface area contributed by atoms with Gasteiger partial charge in [0.15, 0.2) is 0 Å². The molecule has 1 fully saturated rings. The number of nitrogens with two attached hydrogens (primary N) is 1. The molecule has 0 saturated carbocycles.